The van der Waals surface area contributed by atoms with Crippen molar-refractivity contribution in [3.63, 3.8) is 0 Å². The fourth-order valence-electron chi connectivity index (χ4n) is 3.90. The molecule has 0 saturated heterocycles. The number of unbranched alkanes of at least 4 members (excludes halogenated alkanes) is 1. The van der Waals surface area contributed by atoms with Crippen molar-refractivity contribution in [2.45, 2.75) is 46.4 Å². The van der Waals surface area contributed by atoms with E-state index in [1.807, 2.05) is 37.3 Å². The second kappa shape index (κ2) is 9.74. The van der Waals surface area contributed by atoms with Gasteiger partial charge in [0.2, 0.25) is 0 Å². The maximum atomic E-state index is 12.8. The number of aromatic amines is 1. The molecule has 2 heterocycles. The zero-order valence-electron chi connectivity index (χ0n) is 19.0. The van der Waals surface area contributed by atoms with Crippen molar-refractivity contribution in [3.8, 4) is 5.75 Å². The van der Waals surface area contributed by atoms with Crippen molar-refractivity contribution in [3.05, 3.63) is 96.4 Å². The lowest BCUT2D eigenvalue weighted by molar-refractivity contribution is -0.385. The predicted molar refractivity (Wildman–Crippen MR) is 127 cm³/mol. The van der Waals surface area contributed by atoms with Crippen LogP contribution in [0.3, 0.4) is 0 Å². The summed E-state index contributed by atoms with van der Waals surface area (Å²) >= 11 is 0. The van der Waals surface area contributed by atoms with Crippen LogP contribution in [0.4, 0.5) is 5.69 Å². The second-order valence-corrected chi connectivity index (χ2v) is 7.98. The molecular formula is C24H25N5O5. The number of aryl methyl sites for hydroxylation is 1. The van der Waals surface area contributed by atoms with Crippen LogP contribution in [0, 0.1) is 17.0 Å². The number of nitrogens with zero attached hydrogens (tertiary/aromatic N) is 4. The molecule has 0 spiro atoms. The first-order chi connectivity index (χ1) is 16.4. The average Bonchev–Trinajstić information content (AvgIpc) is 3.19. The molecule has 0 radical (unpaired) electrons. The minimum Gasteiger partial charge on any atom is -0.485 e. The van der Waals surface area contributed by atoms with Gasteiger partial charge in [0.25, 0.3) is 11.2 Å². The van der Waals surface area contributed by atoms with Gasteiger partial charge in [-0.1, -0.05) is 49.7 Å². The van der Waals surface area contributed by atoms with Crippen molar-refractivity contribution < 1.29 is 9.66 Å². The molecule has 0 aliphatic carbocycles. The lowest BCUT2D eigenvalue weighted by Crippen LogP contribution is -2.31. The molecule has 0 aliphatic rings. The smallest absolute Gasteiger partial charge is 0.330 e. The molecule has 1 N–H and O–H groups in total. The van der Waals surface area contributed by atoms with Gasteiger partial charge in [0, 0.05) is 12.6 Å². The number of benzene rings is 2. The van der Waals surface area contributed by atoms with Crippen molar-refractivity contribution >= 4 is 16.9 Å². The molecular weight excluding hydrogens is 438 g/mol. The van der Waals surface area contributed by atoms with Gasteiger partial charge in [-0.3, -0.25) is 24.5 Å². The number of imidazole rings is 1. The summed E-state index contributed by atoms with van der Waals surface area (Å²) in [6.45, 7) is 4.42. The van der Waals surface area contributed by atoms with Gasteiger partial charge in [-0.15, -0.1) is 0 Å². The van der Waals surface area contributed by atoms with Crippen LogP contribution >= 0.6 is 0 Å². The highest BCUT2D eigenvalue weighted by atomic mass is 16.6. The summed E-state index contributed by atoms with van der Waals surface area (Å²) in [5, 5.41) is 11.3. The quantitative estimate of drug-likeness (QED) is 0.299. The van der Waals surface area contributed by atoms with Gasteiger partial charge >= 0.3 is 5.69 Å². The first-order valence-electron chi connectivity index (χ1n) is 11.0. The topological polar surface area (TPSA) is 125 Å². The Hall–Kier alpha value is -4.21. The number of ether oxygens (including phenoxy) is 1. The van der Waals surface area contributed by atoms with E-state index >= 15 is 0 Å². The molecule has 34 heavy (non-hydrogen) atoms. The highest BCUT2D eigenvalue weighted by Gasteiger charge is 2.20. The summed E-state index contributed by atoms with van der Waals surface area (Å²) in [6.07, 6.45) is 1.69. The molecule has 4 rings (SSSR count). The summed E-state index contributed by atoms with van der Waals surface area (Å²) in [5.41, 5.74) is 0.800. The van der Waals surface area contributed by atoms with E-state index in [9.17, 15) is 19.7 Å². The van der Waals surface area contributed by atoms with E-state index in [1.165, 1.54) is 10.6 Å². The Morgan fingerprint density at radius 3 is 2.56 bits per heavy atom. The van der Waals surface area contributed by atoms with E-state index in [2.05, 4.69) is 9.97 Å². The molecule has 10 heteroatoms. The minimum absolute atomic E-state index is 0.0145. The van der Waals surface area contributed by atoms with Crippen LogP contribution in [0.1, 0.15) is 36.7 Å². The molecule has 0 unspecified atom stereocenters. The monoisotopic (exact) mass is 463 g/mol. The van der Waals surface area contributed by atoms with Crippen molar-refractivity contribution in [2.75, 3.05) is 0 Å². The minimum atomic E-state index is -0.538. The van der Waals surface area contributed by atoms with Crippen LogP contribution in [0.2, 0.25) is 0 Å². The van der Waals surface area contributed by atoms with E-state index in [0.29, 0.717) is 29.2 Å². The van der Waals surface area contributed by atoms with Crippen molar-refractivity contribution in [1.29, 1.82) is 0 Å². The standard InChI is InChI=1S/C24H25N5O5/c1-3-4-13-27-20(15-34-19-12-8-11-18(16(19)2)29(32)33)25-22-21(27)23(30)26-24(31)28(22)14-17-9-6-5-7-10-17/h5-12H,3-4,13-15H2,1-2H3,(H,26,30,31). The first kappa shape index (κ1) is 23.0. The third kappa shape index (κ3) is 4.47. The Bertz CT molecular complexity index is 1450. The van der Waals surface area contributed by atoms with E-state index in [0.717, 1.165) is 18.4 Å². The molecule has 0 bridgehead atoms. The highest BCUT2D eigenvalue weighted by molar-refractivity contribution is 5.71. The molecule has 176 valence electrons. The third-order valence-electron chi connectivity index (χ3n) is 5.69. The van der Waals surface area contributed by atoms with E-state index in [-0.39, 0.29) is 24.5 Å². The largest absolute Gasteiger partial charge is 0.485 e. The van der Waals surface area contributed by atoms with E-state index in [1.54, 1.807) is 23.6 Å². The van der Waals surface area contributed by atoms with Gasteiger partial charge in [-0.05, 0) is 25.0 Å². The number of aromatic nitrogens is 4. The summed E-state index contributed by atoms with van der Waals surface area (Å²) in [6, 6.07) is 14.1. The maximum absolute atomic E-state index is 12.8. The molecule has 2 aromatic heterocycles. The SMILES string of the molecule is CCCCn1c(COc2cccc([N+](=O)[O-])c2C)nc2c1c(=O)[nH]c(=O)n2Cc1ccccc1. The number of nitro benzene ring substituents is 1. The zero-order valence-corrected chi connectivity index (χ0v) is 19.0. The summed E-state index contributed by atoms with van der Waals surface area (Å²) in [4.78, 5) is 43.3. The van der Waals surface area contributed by atoms with Crippen molar-refractivity contribution in [1.82, 2.24) is 19.1 Å². The number of nitrogens with one attached hydrogen (secondary N) is 1. The van der Waals surface area contributed by atoms with E-state index in [4.69, 9.17) is 4.74 Å². The van der Waals surface area contributed by atoms with Crippen LogP contribution in [-0.2, 0) is 19.7 Å². The molecule has 4 aromatic rings. The van der Waals surface area contributed by atoms with Gasteiger partial charge in [-0.2, -0.15) is 0 Å². The van der Waals surface area contributed by atoms with Gasteiger partial charge < -0.3 is 9.30 Å². The molecule has 0 fully saturated rings. The Balaban J connectivity index is 1.79. The maximum Gasteiger partial charge on any atom is 0.330 e. The zero-order chi connectivity index (χ0) is 24.2. The van der Waals surface area contributed by atoms with Crippen LogP contribution in [0.15, 0.2) is 58.1 Å². The van der Waals surface area contributed by atoms with Gasteiger partial charge in [0.05, 0.1) is 17.0 Å². The second-order valence-electron chi connectivity index (χ2n) is 7.98. The first-order valence-corrected chi connectivity index (χ1v) is 11.0. The number of H-pyrrole nitrogens is 1. The Morgan fingerprint density at radius 1 is 1.09 bits per heavy atom. The van der Waals surface area contributed by atoms with Crippen LogP contribution in [-0.4, -0.2) is 24.0 Å². The molecule has 2 aromatic carbocycles. The lowest BCUT2D eigenvalue weighted by atomic mass is 10.2. The predicted octanol–water partition coefficient (Wildman–Crippen LogP) is 3.53. The molecule has 10 nitrogen and oxygen atoms in total. The Labute approximate surface area is 194 Å². The Kier molecular flexibility index (Phi) is 6.58. The molecule has 0 aliphatic heterocycles. The van der Waals surface area contributed by atoms with Crippen LogP contribution in [0.25, 0.3) is 11.2 Å². The number of nitro groups is 1. The normalized spacial score (nSPS) is 11.1. The lowest BCUT2D eigenvalue weighted by Gasteiger charge is -2.11. The summed E-state index contributed by atoms with van der Waals surface area (Å²) in [7, 11) is 0. The third-order valence-corrected chi connectivity index (χ3v) is 5.69. The number of fused-ring (bicyclic) bond motifs is 1. The number of hydrogen-bond acceptors (Lipinski definition) is 6. The highest BCUT2D eigenvalue weighted by Crippen LogP contribution is 2.28. The van der Waals surface area contributed by atoms with E-state index < -0.39 is 16.2 Å². The fourth-order valence-corrected chi connectivity index (χ4v) is 3.90. The number of hydrogen-bond donors (Lipinski definition) is 1. The average molecular weight is 463 g/mol. The van der Waals surface area contributed by atoms with Gasteiger partial charge in [0.1, 0.15) is 18.2 Å². The number of rotatable bonds is 9. The van der Waals surface area contributed by atoms with Crippen LogP contribution < -0.4 is 16.0 Å². The van der Waals surface area contributed by atoms with Gasteiger partial charge in [-0.25, -0.2) is 9.78 Å². The Morgan fingerprint density at radius 2 is 1.85 bits per heavy atom. The molecule has 0 atom stereocenters. The van der Waals surface area contributed by atoms with Gasteiger partial charge in [0.15, 0.2) is 11.2 Å². The van der Waals surface area contributed by atoms with Crippen LogP contribution in [0.5, 0.6) is 5.75 Å². The van der Waals surface area contributed by atoms with Crippen molar-refractivity contribution in [2.24, 2.45) is 0 Å². The summed E-state index contributed by atoms with van der Waals surface area (Å²) < 4.78 is 9.11. The summed E-state index contributed by atoms with van der Waals surface area (Å²) in [5.74, 6) is 0.825. The molecule has 0 saturated carbocycles. The molecule has 0 amide bonds. The fraction of sp³-hybridized carbons (Fsp3) is 0.292.